The number of carbonyl (C=O) groups is 1. The molecule has 0 spiro atoms. The van der Waals surface area contributed by atoms with Gasteiger partial charge in [0.15, 0.2) is 5.78 Å². The molecular formula is C8H16O4. The average Bonchev–Trinajstić information content (AvgIpc) is 2.10. The first-order chi connectivity index (χ1) is 5.81. The molecule has 0 atom stereocenters. The third-order valence-electron chi connectivity index (χ3n) is 1.16. The van der Waals surface area contributed by atoms with Gasteiger partial charge in [-0.2, -0.15) is 0 Å². The van der Waals surface area contributed by atoms with Gasteiger partial charge >= 0.3 is 0 Å². The zero-order chi connectivity index (χ0) is 9.23. The predicted molar refractivity (Wildman–Crippen MR) is 44.0 cm³/mol. The number of Topliss-reactive ketones (excluding diaryl/α,β-unsaturated/α-hetero) is 1. The number of ether oxygens (including phenoxy) is 2. The van der Waals surface area contributed by atoms with Crippen LogP contribution in [0.1, 0.15) is 13.3 Å². The number of aliphatic hydroxyl groups excluding tert-OH is 1. The quantitative estimate of drug-likeness (QED) is 0.528. The summed E-state index contributed by atoms with van der Waals surface area (Å²) < 4.78 is 10.00. The summed E-state index contributed by atoms with van der Waals surface area (Å²) in [6.45, 7) is 3.19. The third-order valence-corrected chi connectivity index (χ3v) is 1.16. The van der Waals surface area contributed by atoms with Gasteiger partial charge in [0.25, 0.3) is 0 Å². The van der Waals surface area contributed by atoms with E-state index in [1.165, 1.54) is 0 Å². The lowest BCUT2D eigenvalue weighted by Crippen LogP contribution is -2.15. The first-order valence-corrected chi connectivity index (χ1v) is 4.09. The Morgan fingerprint density at radius 2 is 1.92 bits per heavy atom. The van der Waals surface area contributed by atoms with Crippen LogP contribution in [0.15, 0.2) is 0 Å². The van der Waals surface area contributed by atoms with E-state index in [9.17, 15) is 4.79 Å². The summed E-state index contributed by atoms with van der Waals surface area (Å²) in [5.74, 6) is -0.300. The van der Waals surface area contributed by atoms with Gasteiger partial charge in [-0.1, -0.05) is 6.92 Å². The molecule has 0 saturated carbocycles. The normalized spacial score (nSPS) is 10.2. The fourth-order valence-corrected chi connectivity index (χ4v) is 0.596. The monoisotopic (exact) mass is 176 g/mol. The molecule has 0 radical (unpaired) electrons. The molecule has 0 heterocycles. The summed E-state index contributed by atoms with van der Waals surface area (Å²) in [7, 11) is 0. The van der Waals surface area contributed by atoms with E-state index < -0.39 is 6.61 Å². The van der Waals surface area contributed by atoms with Crippen molar-refractivity contribution in [2.24, 2.45) is 0 Å². The molecule has 0 rings (SSSR count). The summed E-state index contributed by atoms with van der Waals surface area (Å²) in [5.41, 5.74) is 0. The lowest BCUT2D eigenvalue weighted by molar-refractivity contribution is -0.126. The topological polar surface area (TPSA) is 55.8 Å². The SMILES string of the molecule is CCCOCCOCC(=O)CO. The van der Waals surface area contributed by atoms with Gasteiger partial charge in [0.2, 0.25) is 0 Å². The maximum atomic E-state index is 10.5. The van der Waals surface area contributed by atoms with Crippen LogP contribution in [0.5, 0.6) is 0 Å². The Hall–Kier alpha value is -0.450. The van der Waals surface area contributed by atoms with E-state index in [1.807, 2.05) is 6.92 Å². The van der Waals surface area contributed by atoms with E-state index in [4.69, 9.17) is 14.6 Å². The van der Waals surface area contributed by atoms with Gasteiger partial charge in [-0.3, -0.25) is 4.79 Å². The molecule has 72 valence electrons. The minimum absolute atomic E-state index is 0.0218. The van der Waals surface area contributed by atoms with Crippen molar-refractivity contribution >= 4 is 5.78 Å². The van der Waals surface area contributed by atoms with Gasteiger partial charge in [-0.15, -0.1) is 0 Å². The molecule has 12 heavy (non-hydrogen) atoms. The Morgan fingerprint density at radius 3 is 2.50 bits per heavy atom. The van der Waals surface area contributed by atoms with Crippen LogP contribution in [0.4, 0.5) is 0 Å². The summed E-state index contributed by atoms with van der Waals surface area (Å²) in [6, 6.07) is 0. The number of rotatable bonds is 8. The zero-order valence-corrected chi connectivity index (χ0v) is 7.41. The summed E-state index contributed by atoms with van der Waals surface area (Å²) in [6.07, 6.45) is 0.982. The van der Waals surface area contributed by atoms with Crippen LogP contribution in [-0.2, 0) is 14.3 Å². The summed E-state index contributed by atoms with van der Waals surface area (Å²) >= 11 is 0. The van der Waals surface area contributed by atoms with Crippen molar-refractivity contribution < 1.29 is 19.4 Å². The molecule has 0 saturated heterocycles. The van der Waals surface area contributed by atoms with Crippen LogP contribution in [0, 0.1) is 0 Å². The highest BCUT2D eigenvalue weighted by Crippen LogP contribution is 1.82. The molecule has 4 heteroatoms. The van der Waals surface area contributed by atoms with Crippen molar-refractivity contribution in [1.82, 2.24) is 0 Å². The van der Waals surface area contributed by atoms with Gasteiger partial charge in [0.1, 0.15) is 13.2 Å². The van der Waals surface area contributed by atoms with Crippen molar-refractivity contribution in [3.05, 3.63) is 0 Å². The lowest BCUT2D eigenvalue weighted by atomic mass is 10.4. The van der Waals surface area contributed by atoms with E-state index in [0.29, 0.717) is 13.2 Å². The molecule has 0 aliphatic heterocycles. The van der Waals surface area contributed by atoms with Crippen LogP contribution < -0.4 is 0 Å². The molecule has 0 aromatic heterocycles. The molecule has 0 aromatic rings. The maximum absolute atomic E-state index is 10.5. The zero-order valence-electron chi connectivity index (χ0n) is 7.41. The molecule has 4 nitrogen and oxygen atoms in total. The summed E-state index contributed by atoms with van der Waals surface area (Å²) in [5, 5.41) is 8.31. The Labute approximate surface area is 72.5 Å². The smallest absolute Gasteiger partial charge is 0.183 e. The largest absolute Gasteiger partial charge is 0.388 e. The van der Waals surface area contributed by atoms with Crippen LogP contribution in [-0.4, -0.2) is 43.9 Å². The molecule has 0 aliphatic rings. The Bertz CT molecular complexity index is 114. The number of carbonyl (C=O) groups excluding carboxylic acids is 1. The third kappa shape index (κ3) is 7.65. The minimum Gasteiger partial charge on any atom is -0.388 e. The lowest BCUT2D eigenvalue weighted by Gasteiger charge is -2.02. The van der Waals surface area contributed by atoms with Gasteiger partial charge in [-0.05, 0) is 6.42 Å². The second kappa shape index (κ2) is 8.64. The van der Waals surface area contributed by atoms with Crippen molar-refractivity contribution in [2.45, 2.75) is 13.3 Å². The predicted octanol–water partition coefficient (Wildman–Crippen LogP) is -0.00900. The Balaban J connectivity index is 2.95. The molecule has 0 bridgehead atoms. The average molecular weight is 176 g/mol. The molecular weight excluding hydrogens is 160 g/mol. The van der Waals surface area contributed by atoms with Crippen molar-refractivity contribution in [3.8, 4) is 0 Å². The van der Waals surface area contributed by atoms with Crippen molar-refractivity contribution in [2.75, 3.05) is 33.0 Å². The molecule has 0 unspecified atom stereocenters. The maximum Gasteiger partial charge on any atom is 0.183 e. The number of hydrogen-bond acceptors (Lipinski definition) is 4. The Kier molecular flexibility index (Phi) is 8.32. The Morgan fingerprint density at radius 1 is 1.25 bits per heavy atom. The molecule has 0 aliphatic carbocycles. The second-order valence-corrected chi connectivity index (χ2v) is 2.36. The first-order valence-electron chi connectivity index (χ1n) is 4.09. The van der Waals surface area contributed by atoms with Gasteiger partial charge in [-0.25, -0.2) is 0 Å². The number of hydrogen-bond donors (Lipinski definition) is 1. The van der Waals surface area contributed by atoms with Gasteiger partial charge in [0.05, 0.1) is 13.2 Å². The standard InChI is InChI=1S/C8H16O4/c1-2-3-11-4-5-12-7-8(10)6-9/h9H,2-7H2,1H3. The van der Waals surface area contributed by atoms with Crippen molar-refractivity contribution in [1.29, 1.82) is 0 Å². The van der Waals surface area contributed by atoms with E-state index >= 15 is 0 Å². The highest BCUT2D eigenvalue weighted by molar-refractivity contribution is 5.80. The van der Waals surface area contributed by atoms with Crippen LogP contribution in [0.2, 0.25) is 0 Å². The van der Waals surface area contributed by atoms with E-state index in [0.717, 1.165) is 13.0 Å². The van der Waals surface area contributed by atoms with E-state index in [1.54, 1.807) is 0 Å². The highest BCUT2D eigenvalue weighted by atomic mass is 16.5. The minimum atomic E-state index is -0.449. The number of ketones is 1. The van der Waals surface area contributed by atoms with E-state index in [2.05, 4.69) is 0 Å². The fourth-order valence-electron chi connectivity index (χ4n) is 0.596. The summed E-state index contributed by atoms with van der Waals surface area (Å²) in [4.78, 5) is 10.5. The van der Waals surface area contributed by atoms with Crippen molar-refractivity contribution in [3.63, 3.8) is 0 Å². The second-order valence-electron chi connectivity index (χ2n) is 2.36. The van der Waals surface area contributed by atoms with E-state index in [-0.39, 0.29) is 12.4 Å². The molecule has 0 aromatic carbocycles. The fraction of sp³-hybridized carbons (Fsp3) is 0.875. The van der Waals surface area contributed by atoms with Crippen LogP contribution >= 0.6 is 0 Å². The van der Waals surface area contributed by atoms with Crippen LogP contribution in [0.3, 0.4) is 0 Å². The van der Waals surface area contributed by atoms with Gasteiger partial charge < -0.3 is 14.6 Å². The molecule has 1 N–H and O–H groups in total. The first kappa shape index (κ1) is 11.6. The highest BCUT2D eigenvalue weighted by Gasteiger charge is 1.97. The van der Waals surface area contributed by atoms with Gasteiger partial charge in [0, 0.05) is 6.61 Å². The number of aliphatic hydroxyl groups is 1. The molecule has 0 fully saturated rings. The molecule has 0 amide bonds. The van der Waals surface area contributed by atoms with Crippen LogP contribution in [0.25, 0.3) is 0 Å².